The highest BCUT2D eigenvalue weighted by Crippen LogP contribution is 2.32. The van der Waals surface area contributed by atoms with Crippen LogP contribution in [0.5, 0.6) is 0 Å². The largest absolute Gasteiger partial charge is 0.372 e. The highest BCUT2D eigenvalue weighted by atomic mass is 79.9. The molecular formula is C27H31BrN4O. The molecule has 2 fully saturated rings. The fourth-order valence-electron chi connectivity index (χ4n) is 5.18. The second-order valence-electron chi connectivity index (χ2n) is 9.42. The third-order valence-corrected chi connectivity index (χ3v) is 7.58. The van der Waals surface area contributed by atoms with Crippen LogP contribution in [0.25, 0.3) is 10.9 Å². The van der Waals surface area contributed by atoms with Gasteiger partial charge in [-0.2, -0.15) is 9.78 Å². The number of aryl methyl sites for hydroxylation is 1. The number of piperidine rings is 1. The summed E-state index contributed by atoms with van der Waals surface area (Å²) in [6.45, 7) is 4.38. The van der Waals surface area contributed by atoms with E-state index in [1.54, 1.807) is 4.68 Å². The number of anilines is 1. The lowest BCUT2D eigenvalue weighted by atomic mass is 9.88. The van der Waals surface area contributed by atoms with E-state index in [1.807, 2.05) is 24.4 Å². The molecule has 0 amide bonds. The number of nitrogens with zero attached hydrogens (tertiary/aromatic N) is 4. The molecule has 0 N–H and O–H groups in total. The van der Waals surface area contributed by atoms with Gasteiger partial charge in [0.15, 0.2) is 0 Å². The van der Waals surface area contributed by atoms with E-state index in [0.717, 1.165) is 47.3 Å². The van der Waals surface area contributed by atoms with Gasteiger partial charge in [0.05, 0.1) is 17.1 Å². The molecule has 33 heavy (non-hydrogen) atoms. The highest BCUT2D eigenvalue weighted by molar-refractivity contribution is 9.10. The van der Waals surface area contributed by atoms with Gasteiger partial charge in [-0.15, -0.1) is 0 Å². The van der Waals surface area contributed by atoms with Gasteiger partial charge in [-0.3, -0.25) is 4.79 Å². The van der Waals surface area contributed by atoms with Crippen molar-refractivity contribution in [3.05, 3.63) is 68.2 Å². The first-order valence-corrected chi connectivity index (χ1v) is 13.0. The molecule has 5 rings (SSSR count). The van der Waals surface area contributed by atoms with E-state index in [1.165, 1.54) is 49.8 Å². The fourth-order valence-corrected chi connectivity index (χ4v) is 5.54. The lowest BCUT2D eigenvalue weighted by molar-refractivity contribution is 0.416. The maximum Gasteiger partial charge on any atom is 0.282 e. The molecule has 3 aromatic rings. The van der Waals surface area contributed by atoms with E-state index in [-0.39, 0.29) is 11.5 Å². The van der Waals surface area contributed by atoms with Crippen molar-refractivity contribution in [1.82, 2.24) is 9.66 Å². The van der Waals surface area contributed by atoms with Gasteiger partial charge in [-0.1, -0.05) is 41.3 Å². The number of benzene rings is 2. The Balaban J connectivity index is 1.53. The van der Waals surface area contributed by atoms with Crippen LogP contribution in [0.15, 0.2) is 50.8 Å². The first-order valence-electron chi connectivity index (χ1n) is 12.2. The van der Waals surface area contributed by atoms with E-state index in [4.69, 9.17) is 10.1 Å². The number of fused-ring (bicyclic) bond motifs is 1. The van der Waals surface area contributed by atoms with Crippen molar-refractivity contribution >= 4 is 38.7 Å². The number of halogens is 1. The Kier molecular flexibility index (Phi) is 6.63. The zero-order valence-electron chi connectivity index (χ0n) is 19.3. The van der Waals surface area contributed by atoms with Crippen LogP contribution in [0.1, 0.15) is 74.2 Å². The minimum atomic E-state index is -0.0966. The van der Waals surface area contributed by atoms with E-state index in [0.29, 0.717) is 5.39 Å². The molecule has 6 heteroatoms. The summed E-state index contributed by atoms with van der Waals surface area (Å²) < 4.78 is 2.43. The Morgan fingerprint density at radius 1 is 1.00 bits per heavy atom. The lowest BCUT2D eigenvalue weighted by Gasteiger charge is -2.29. The van der Waals surface area contributed by atoms with Gasteiger partial charge in [0.2, 0.25) is 0 Å². The van der Waals surface area contributed by atoms with Crippen LogP contribution in [0.3, 0.4) is 0 Å². The van der Waals surface area contributed by atoms with E-state index in [2.05, 4.69) is 46.0 Å². The van der Waals surface area contributed by atoms with Gasteiger partial charge in [0, 0.05) is 29.2 Å². The van der Waals surface area contributed by atoms with Crippen LogP contribution < -0.4 is 10.5 Å². The Morgan fingerprint density at radius 3 is 2.52 bits per heavy atom. The standard InChI is InChI=1S/C27H31BrN4O/c1-19-16-23(31-14-6-3-7-15-31)12-10-21(19)18-29-32-26(20-8-4-2-5-9-20)30-25-13-11-22(28)17-24(25)27(32)33/h10-13,16-18,20H,2-9,14-15H2,1H3. The molecule has 1 aromatic heterocycles. The average Bonchev–Trinajstić information content (AvgIpc) is 2.85. The average molecular weight is 507 g/mol. The summed E-state index contributed by atoms with van der Waals surface area (Å²) in [5.74, 6) is 1.08. The summed E-state index contributed by atoms with van der Waals surface area (Å²) >= 11 is 3.49. The molecule has 0 bridgehead atoms. The van der Waals surface area contributed by atoms with Crippen molar-refractivity contribution in [3.63, 3.8) is 0 Å². The smallest absolute Gasteiger partial charge is 0.282 e. The van der Waals surface area contributed by atoms with Gasteiger partial charge >= 0.3 is 0 Å². The maximum atomic E-state index is 13.5. The molecule has 1 aliphatic heterocycles. The maximum absolute atomic E-state index is 13.5. The Hall–Kier alpha value is -2.47. The zero-order chi connectivity index (χ0) is 22.8. The molecule has 5 nitrogen and oxygen atoms in total. The lowest BCUT2D eigenvalue weighted by Crippen LogP contribution is -2.29. The molecular weight excluding hydrogens is 476 g/mol. The molecule has 0 spiro atoms. The topological polar surface area (TPSA) is 50.5 Å². The molecule has 1 saturated carbocycles. The van der Waals surface area contributed by atoms with Crippen LogP contribution in [-0.2, 0) is 0 Å². The van der Waals surface area contributed by atoms with Crippen LogP contribution in [0.4, 0.5) is 5.69 Å². The summed E-state index contributed by atoms with van der Waals surface area (Å²) in [5.41, 5.74) is 4.14. The first kappa shape index (κ1) is 22.3. The normalized spacial score (nSPS) is 17.8. The van der Waals surface area contributed by atoms with Crippen LogP contribution in [0.2, 0.25) is 0 Å². The van der Waals surface area contributed by atoms with E-state index in [9.17, 15) is 4.79 Å². The van der Waals surface area contributed by atoms with Gasteiger partial charge < -0.3 is 4.90 Å². The third kappa shape index (κ3) is 4.77. The number of aromatic nitrogens is 2. The van der Waals surface area contributed by atoms with Crippen molar-refractivity contribution in [2.24, 2.45) is 5.10 Å². The molecule has 1 aliphatic carbocycles. The third-order valence-electron chi connectivity index (χ3n) is 7.09. The summed E-state index contributed by atoms with van der Waals surface area (Å²) in [7, 11) is 0. The van der Waals surface area contributed by atoms with Crippen LogP contribution in [0, 0.1) is 6.92 Å². The zero-order valence-corrected chi connectivity index (χ0v) is 20.9. The van der Waals surface area contributed by atoms with Crippen molar-refractivity contribution in [1.29, 1.82) is 0 Å². The van der Waals surface area contributed by atoms with Gasteiger partial charge in [0.1, 0.15) is 5.82 Å². The highest BCUT2D eigenvalue weighted by Gasteiger charge is 2.22. The minimum Gasteiger partial charge on any atom is -0.372 e. The van der Waals surface area contributed by atoms with Crippen LogP contribution in [-0.4, -0.2) is 29.0 Å². The molecule has 2 heterocycles. The summed E-state index contributed by atoms with van der Waals surface area (Å²) in [6.07, 6.45) is 11.4. The SMILES string of the molecule is Cc1cc(N2CCCCC2)ccc1C=Nn1c(C2CCCCC2)nc2ccc(Br)cc2c1=O. The minimum absolute atomic E-state index is 0.0966. The second-order valence-corrected chi connectivity index (χ2v) is 10.3. The predicted molar refractivity (Wildman–Crippen MR) is 140 cm³/mol. The number of hydrogen-bond donors (Lipinski definition) is 0. The van der Waals surface area contributed by atoms with Crippen molar-refractivity contribution in [2.75, 3.05) is 18.0 Å². The molecule has 1 saturated heterocycles. The Labute approximate surface area is 203 Å². The molecule has 0 unspecified atom stereocenters. The summed E-state index contributed by atoms with van der Waals surface area (Å²) in [5, 5.41) is 5.32. The Morgan fingerprint density at radius 2 is 1.76 bits per heavy atom. The molecule has 172 valence electrons. The molecule has 2 aliphatic rings. The van der Waals surface area contributed by atoms with Gasteiger partial charge in [-0.05, 0) is 80.5 Å². The summed E-state index contributed by atoms with van der Waals surface area (Å²) in [4.78, 5) is 20.9. The van der Waals surface area contributed by atoms with Crippen molar-refractivity contribution < 1.29 is 0 Å². The first-order chi connectivity index (χ1) is 16.1. The van der Waals surface area contributed by atoms with E-state index >= 15 is 0 Å². The number of rotatable bonds is 4. The van der Waals surface area contributed by atoms with Gasteiger partial charge in [-0.25, -0.2) is 4.98 Å². The monoisotopic (exact) mass is 506 g/mol. The predicted octanol–water partition coefficient (Wildman–Crippen LogP) is 6.39. The second kappa shape index (κ2) is 9.80. The number of hydrogen-bond acceptors (Lipinski definition) is 4. The molecule has 0 atom stereocenters. The van der Waals surface area contributed by atoms with Crippen LogP contribution >= 0.6 is 15.9 Å². The van der Waals surface area contributed by atoms with Crippen molar-refractivity contribution in [2.45, 2.75) is 64.2 Å². The molecule has 2 aromatic carbocycles. The van der Waals surface area contributed by atoms with Gasteiger partial charge in [0.25, 0.3) is 5.56 Å². The molecule has 0 radical (unpaired) electrons. The quantitative estimate of drug-likeness (QED) is 0.385. The van der Waals surface area contributed by atoms with Crippen molar-refractivity contribution in [3.8, 4) is 0 Å². The van der Waals surface area contributed by atoms with E-state index < -0.39 is 0 Å². The summed E-state index contributed by atoms with van der Waals surface area (Å²) in [6, 6.07) is 12.3. The Bertz CT molecular complexity index is 1240. The fraction of sp³-hybridized carbons (Fsp3) is 0.444.